The number of halogens is 1. The predicted molar refractivity (Wildman–Crippen MR) is 116 cm³/mol. The molecule has 25 heavy (non-hydrogen) atoms. The molecule has 2 N–H and O–H groups in total. The summed E-state index contributed by atoms with van der Waals surface area (Å²) >= 11 is 0. The number of hydrogen-bond donors (Lipinski definition) is 2. The molecule has 2 rings (SSSR count). The number of ether oxygens (including phenoxy) is 1. The molecule has 1 aliphatic heterocycles. The standard InChI is InChI=1S/C19H32N4O.HI/c1-15-7-5-6-12-23(15)16(2)13-21-19(20-3)22-14-17-8-10-18(24-4)11-9-17;/h8-11,15-16H,5-7,12-14H2,1-4H3,(H2,20,21,22);1H. The second-order valence-electron chi connectivity index (χ2n) is 6.59. The van der Waals surface area contributed by atoms with Crippen LogP contribution in [0.1, 0.15) is 38.7 Å². The van der Waals surface area contributed by atoms with E-state index in [1.807, 2.05) is 19.2 Å². The number of likely N-dealkylation sites (tertiary alicyclic amines) is 1. The third-order valence-corrected chi connectivity index (χ3v) is 4.83. The first kappa shape index (κ1) is 22.0. The maximum Gasteiger partial charge on any atom is 0.191 e. The van der Waals surface area contributed by atoms with E-state index in [0.717, 1.165) is 24.8 Å². The van der Waals surface area contributed by atoms with Gasteiger partial charge in [0, 0.05) is 32.2 Å². The van der Waals surface area contributed by atoms with Gasteiger partial charge in [-0.1, -0.05) is 18.6 Å². The van der Waals surface area contributed by atoms with E-state index in [0.29, 0.717) is 12.1 Å². The van der Waals surface area contributed by atoms with Crippen molar-refractivity contribution < 1.29 is 4.74 Å². The summed E-state index contributed by atoms with van der Waals surface area (Å²) in [6.07, 6.45) is 4.00. The zero-order valence-electron chi connectivity index (χ0n) is 15.9. The van der Waals surface area contributed by atoms with Crippen molar-refractivity contribution in [1.29, 1.82) is 0 Å². The van der Waals surface area contributed by atoms with Crippen LogP contribution in [-0.2, 0) is 6.54 Å². The highest BCUT2D eigenvalue weighted by Crippen LogP contribution is 2.18. The maximum atomic E-state index is 5.19. The van der Waals surface area contributed by atoms with Crippen molar-refractivity contribution in [1.82, 2.24) is 15.5 Å². The van der Waals surface area contributed by atoms with Gasteiger partial charge in [-0.3, -0.25) is 9.89 Å². The first-order valence-electron chi connectivity index (χ1n) is 8.97. The molecule has 1 heterocycles. The van der Waals surface area contributed by atoms with E-state index in [2.05, 4.69) is 46.5 Å². The molecule has 0 aliphatic carbocycles. The van der Waals surface area contributed by atoms with Gasteiger partial charge < -0.3 is 15.4 Å². The fourth-order valence-corrected chi connectivity index (χ4v) is 3.29. The quantitative estimate of drug-likeness (QED) is 0.389. The van der Waals surface area contributed by atoms with Crippen LogP contribution in [0.5, 0.6) is 5.75 Å². The summed E-state index contributed by atoms with van der Waals surface area (Å²) in [4.78, 5) is 6.93. The monoisotopic (exact) mass is 460 g/mol. The molecule has 1 saturated heterocycles. The minimum Gasteiger partial charge on any atom is -0.497 e. The molecule has 1 fully saturated rings. The molecule has 0 saturated carbocycles. The van der Waals surface area contributed by atoms with E-state index in [9.17, 15) is 0 Å². The molecule has 0 spiro atoms. The lowest BCUT2D eigenvalue weighted by atomic mass is 10.0. The Morgan fingerprint density at radius 2 is 2.00 bits per heavy atom. The number of nitrogens with zero attached hydrogens (tertiary/aromatic N) is 2. The molecular formula is C19H33IN4O. The van der Waals surface area contributed by atoms with Crippen molar-refractivity contribution >= 4 is 29.9 Å². The molecule has 6 heteroatoms. The van der Waals surface area contributed by atoms with Crippen LogP contribution in [0.4, 0.5) is 0 Å². The third-order valence-electron chi connectivity index (χ3n) is 4.83. The Morgan fingerprint density at radius 1 is 1.28 bits per heavy atom. The second kappa shape index (κ2) is 11.6. The van der Waals surface area contributed by atoms with Gasteiger partial charge in [-0.05, 0) is 50.9 Å². The van der Waals surface area contributed by atoms with Crippen molar-refractivity contribution in [3.8, 4) is 5.75 Å². The Bertz CT molecular complexity index is 521. The topological polar surface area (TPSA) is 48.9 Å². The van der Waals surface area contributed by atoms with Gasteiger partial charge >= 0.3 is 0 Å². The van der Waals surface area contributed by atoms with Gasteiger partial charge in [0.25, 0.3) is 0 Å². The first-order chi connectivity index (χ1) is 11.6. The fraction of sp³-hybridized carbons (Fsp3) is 0.632. The highest BCUT2D eigenvalue weighted by Gasteiger charge is 2.22. The van der Waals surface area contributed by atoms with E-state index in [1.165, 1.54) is 31.4 Å². The van der Waals surface area contributed by atoms with Crippen molar-refractivity contribution in [3.05, 3.63) is 29.8 Å². The smallest absolute Gasteiger partial charge is 0.191 e. The van der Waals surface area contributed by atoms with Gasteiger partial charge in [0.05, 0.1) is 7.11 Å². The molecule has 5 nitrogen and oxygen atoms in total. The van der Waals surface area contributed by atoms with Crippen molar-refractivity contribution in [2.45, 2.75) is 51.7 Å². The Kier molecular flexibility index (Phi) is 10.2. The van der Waals surface area contributed by atoms with Crippen LogP contribution in [-0.4, -0.2) is 50.2 Å². The molecule has 1 aromatic carbocycles. The number of methoxy groups -OCH3 is 1. The zero-order chi connectivity index (χ0) is 17.4. The number of hydrogen-bond acceptors (Lipinski definition) is 3. The number of rotatable bonds is 6. The van der Waals surface area contributed by atoms with Crippen molar-refractivity contribution in [3.63, 3.8) is 0 Å². The van der Waals surface area contributed by atoms with Crippen molar-refractivity contribution in [2.75, 3.05) is 27.2 Å². The molecule has 142 valence electrons. The predicted octanol–water partition coefficient (Wildman–Crippen LogP) is 3.24. The third kappa shape index (κ3) is 7.01. The molecular weight excluding hydrogens is 427 g/mol. The molecule has 2 unspecified atom stereocenters. The van der Waals surface area contributed by atoms with Gasteiger partial charge in [0.2, 0.25) is 0 Å². The summed E-state index contributed by atoms with van der Waals surface area (Å²) in [6, 6.07) is 9.29. The lowest BCUT2D eigenvalue weighted by Crippen LogP contribution is -2.50. The first-order valence-corrected chi connectivity index (χ1v) is 8.97. The van der Waals surface area contributed by atoms with Crippen LogP contribution in [0.3, 0.4) is 0 Å². The number of aliphatic imine (C=N–C) groups is 1. The lowest BCUT2D eigenvalue weighted by Gasteiger charge is -2.38. The Hall–Kier alpha value is -1.02. The van der Waals surface area contributed by atoms with Gasteiger partial charge in [0.15, 0.2) is 5.96 Å². The average molecular weight is 460 g/mol. The molecule has 0 amide bonds. The molecule has 2 atom stereocenters. The summed E-state index contributed by atoms with van der Waals surface area (Å²) in [7, 11) is 3.50. The van der Waals surface area contributed by atoms with Gasteiger partial charge in [-0.25, -0.2) is 0 Å². The van der Waals surface area contributed by atoms with Crippen LogP contribution < -0.4 is 15.4 Å². The minimum absolute atomic E-state index is 0. The van der Waals surface area contributed by atoms with Gasteiger partial charge in [0.1, 0.15) is 5.75 Å². The SMILES string of the molecule is CN=C(NCc1ccc(OC)cc1)NCC(C)N1CCCCC1C.I. The molecule has 0 bridgehead atoms. The van der Waals surface area contributed by atoms with E-state index < -0.39 is 0 Å². The average Bonchev–Trinajstić information content (AvgIpc) is 2.62. The largest absolute Gasteiger partial charge is 0.497 e. The van der Waals surface area contributed by atoms with E-state index >= 15 is 0 Å². The number of piperidine rings is 1. The zero-order valence-corrected chi connectivity index (χ0v) is 18.2. The summed E-state index contributed by atoms with van der Waals surface area (Å²) in [6.45, 7) is 7.50. The molecule has 1 aromatic rings. The van der Waals surface area contributed by atoms with E-state index in [4.69, 9.17) is 4.74 Å². The van der Waals surface area contributed by atoms with Crippen LogP contribution >= 0.6 is 24.0 Å². The Morgan fingerprint density at radius 3 is 2.60 bits per heavy atom. The highest BCUT2D eigenvalue weighted by atomic mass is 127. The van der Waals surface area contributed by atoms with Crippen LogP contribution in [0.25, 0.3) is 0 Å². The summed E-state index contributed by atoms with van der Waals surface area (Å²) < 4.78 is 5.19. The fourth-order valence-electron chi connectivity index (χ4n) is 3.29. The van der Waals surface area contributed by atoms with Crippen LogP contribution in [0.15, 0.2) is 29.3 Å². The molecule has 0 radical (unpaired) electrons. The van der Waals surface area contributed by atoms with E-state index in [-0.39, 0.29) is 24.0 Å². The molecule has 1 aliphatic rings. The number of guanidine groups is 1. The van der Waals surface area contributed by atoms with Crippen LogP contribution in [0.2, 0.25) is 0 Å². The molecule has 0 aromatic heterocycles. The van der Waals surface area contributed by atoms with E-state index in [1.54, 1.807) is 7.11 Å². The normalized spacial score (nSPS) is 19.7. The summed E-state index contributed by atoms with van der Waals surface area (Å²) in [5.41, 5.74) is 1.21. The second-order valence-corrected chi connectivity index (χ2v) is 6.59. The maximum absolute atomic E-state index is 5.19. The highest BCUT2D eigenvalue weighted by molar-refractivity contribution is 14.0. The summed E-state index contributed by atoms with van der Waals surface area (Å²) in [5.74, 6) is 1.73. The Labute approximate surface area is 169 Å². The number of benzene rings is 1. The minimum atomic E-state index is 0. The lowest BCUT2D eigenvalue weighted by molar-refractivity contribution is 0.115. The Balaban J connectivity index is 0.00000312. The van der Waals surface area contributed by atoms with Crippen molar-refractivity contribution in [2.24, 2.45) is 4.99 Å². The van der Waals surface area contributed by atoms with Crippen LogP contribution in [0, 0.1) is 0 Å². The van der Waals surface area contributed by atoms with Gasteiger partial charge in [-0.2, -0.15) is 0 Å². The summed E-state index contributed by atoms with van der Waals surface area (Å²) in [5, 5.41) is 6.82. The number of nitrogens with one attached hydrogen (secondary N) is 2. The van der Waals surface area contributed by atoms with Gasteiger partial charge in [-0.15, -0.1) is 24.0 Å².